The van der Waals surface area contributed by atoms with E-state index in [2.05, 4.69) is 5.32 Å². The summed E-state index contributed by atoms with van der Waals surface area (Å²) >= 11 is 18.3. The first-order valence-electron chi connectivity index (χ1n) is 8.29. The molecule has 1 aliphatic heterocycles. The molecule has 0 aromatic heterocycles. The van der Waals surface area contributed by atoms with Crippen molar-refractivity contribution in [2.45, 2.75) is 32.1 Å². The van der Waals surface area contributed by atoms with Crippen molar-refractivity contribution in [3.63, 3.8) is 0 Å². The Hall–Kier alpha value is -0.970. The van der Waals surface area contributed by atoms with Gasteiger partial charge in [0.1, 0.15) is 12.4 Å². The van der Waals surface area contributed by atoms with Crippen LogP contribution in [0.25, 0.3) is 0 Å². The lowest BCUT2D eigenvalue weighted by Crippen LogP contribution is -2.26. The van der Waals surface area contributed by atoms with E-state index in [1.165, 1.54) is 0 Å². The fourth-order valence-corrected chi connectivity index (χ4v) is 3.45. The number of halogens is 3. The maximum absolute atomic E-state index is 6.21. The Labute approximate surface area is 163 Å². The molecule has 134 valence electrons. The van der Waals surface area contributed by atoms with Crippen LogP contribution in [0.5, 0.6) is 5.75 Å². The molecule has 0 amide bonds. The molecule has 1 fully saturated rings. The average Bonchev–Trinajstić information content (AvgIpc) is 3.09. The summed E-state index contributed by atoms with van der Waals surface area (Å²) in [7, 11) is 0. The van der Waals surface area contributed by atoms with E-state index >= 15 is 0 Å². The Kier molecular flexibility index (Phi) is 6.85. The third kappa shape index (κ3) is 5.50. The van der Waals surface area contributed by atoms with E-state index in [0.29, 0.717) is 34.3 Å². The molecule has 0 aliphatic carbocycles. The van der Waals surface area contributed by atoms with Crippen molar-refractivity contribution in [3.05, 3.63) is 62.6 Å². The number of rotatable bonds is 7. The molecule has 0 saturated carbocycles. The van der Waals surface area contributed by atoms with E-state index in [-0.39, 0.29) is 0 Å². The molecule has 1 saturated heterocycles. The summed E-state index contributed by atoms with van der Waals surface area (Å²) < 4.78 is 11.6. The van der Waals surface area contributed by atoms with Crippen molar-refractivity contribution in [2.75, 3.05) is 13.2 Å². The number of nitrogens with one attached hydrogen (secondary N) is 1. The van der Waals surface area contributed by atoms with Gasteiger partial charge in [-0.05, 0) is 43.2 Å². The quantitative estimate of drug-likeness (QED) is 0.666. The van der Waals surface area contributed by atoms with E-state index in [1.807, 2.05) is 24.3 Å². The van der Waals surface area contributed by atoms with Gasteiger partial charge in [-0.3, -0.25) is 0 Å². The molecule has 1 atom stereocenters. The lowest BCUT2D eigenvalue weighted by molar-refractivity contribution is 0.110. The minimum Gasteiger partial charge on any atom is -0.489 e. The summed E-state index contributed by atoms with van der Waals surface area (Å²) in [6, 6.07) is 11.0. The predicted molar refractivity (Wildman–Crippen MR) is 103 cm³/mol. The van der Waals surface area contributed by atoms with Crippen LogP contribution in [-0.4, -0.2) is 19.3 Å². The molecular formula is C19H20Cl3NO2. The van der Waals surface area contributed by atoms with E-state index in [1.54, 1.807) is 12.1 Å². The van der Waals surface area contributed by atoms with Gasteiger partial charge in [-0.25, -0.2) is 0 Å². The summed E-state index contributed by atoms with van der Waals surface area (Å²) in [5, 5.41) is 5.31. The molecular weight excluding hydrogens is 381 g/mol. The molecule has 0 bridgehead atoms. The van der Waals surface area contributed by atoms with Crippen LogP contribution in [0.3, 0.4) is 0 Å². The first kappa shape index (κ1) is 18.8. The Bertz CT molecular complexity index is 718. The topological polar surface area (TPSA) is 30.5 Å². The monoisotopic (exact) mass is 399 g/mol. The van der Waals surface area contributed by atoms with Gasteiger partial charge in [0.15, 0.2) is 0 Å². The zero-order valence-corrected chi connectivity index (χ0v) is 16.0. The maximum Gasteiger partial charge on any atom is 0.124 e. The Balaban J connectivity index is 1.61. The highest BCUT2D eigenvalue weighted by Gasteiger charge is 2.15. The van der Waals surface area contributed by atoms with E-state index in [9.17, 15) is 0 Å². The van der Waals surface area contributed by atoms with Crippen LogP contribution in [-0.2, 0) is 17.9 Å². The van der Waals surface area contributed by atoms with Gasteiger partial charge in [0, 0.05) is 45.9 Å². The molecule has 6 heteroatoms. The van der Waals surface area contributed by atoms with Crippen LogP contribution >= 0.6 is 34.8 Å². The highest BCUT2D eigenvalue weighted by atomic mass is 35.5. The molecule has 2 aromatic carbocycles. The van der Waals surface area contributed by atoms with E-state index in [4.69, 9.17) is 44.3 Å². The lowest BCUT2D eigenvalue weighted by atomic mass is 10.2. The SMILES string of the molecule is Clc1ccc(COc2ccc(Cl)cc2CNC[C@H]2CCCO2)c(Cl)c1. The summed E-state index contributed by atoms with van der Waals surface area (Å²) in [6.45, 7) is 2.73. The Morgan fingerprint density at radius 3 is 2.60 bits per heavy atom. The highest BCUT2D eigenvalue weighted by Crippen LogP contribution is 2.26. The second-order valence-corrected chi connectivity index (χ2v) is 7.32. The fraction of sp³-hybridized carbons (Fsp3) is 0.368. The van der Waals surface area contributed by atoms with Crippen LogP contribution in [0.1, 0.15) is 24.0 Å². The largest absolute Gasteiger partial charge is 0.489 e. The first-order valence-corrected chi connectivity index (χ1v) is 9.42. The predicted octanol–water partition coefficient (Wildman–Crippen LogP) is 5.49. The third-order valence-corrected chi connectivity index (χ3v) is 4.95. The molecule has 2 aromatic rings. The van der Waals surface area contributed by atoms with Crippen LogP contribution < -0.4 is 10.1 Å². The van der Waals surface area contributed by atoms with Gasteiger partial charge in [0.05, 0.1) is 6.10 Å². The van der Waals surface area contributed by atoms with Crippen molar-refractivity contribution in [1.29, 1.82) is 0 Å². The summed E-state index contributed by atoms with van der Waals surface area (Å²) in [5.74, 6) is 0.787. The Morgan fingerprint density at radius 2 is 1.84 bits per heavy atom. The number of benzene rings is 2. The van der Waals surface area contributed by atoms with Crippen LogP contribution in [0.2, 0.25) is 15.1 Å². The molecule has 0 spiro atoms. The van der Waals surface area contributed by atoms with Gasteiger partial charge in [-0.15, -0.1) is 0 Å². The lowest BCUT2D eigenvalue weighted by Gasteiger charge is -2.15. The van der Waals surface area contributed by atoms with Crippen LogP contribution in [0.4, 0.5) is 0 Å². The molecule has 1 heterocycles. The number of hydrogen-bond acceptors (Lipinski definition) is 3. The molecule has 1 N–H and O–H groups in total. The standard InChI is InChI=1S/C19H20Cl3NO2/c20-15-5-6-19(25-12-13-3-4-16(21)9-18(13)22)14(8-15)10-23-11-17-2-1-7-24-17/h3-6,8-9,17,23H,1-2,7,10-12H2/t17-/m1/s1. The van der Waals surface area contributed by atoms with Crippen LogP contribution in [0, 0.1) is 0 Å². The van der Waals surface area contributed by atoms with E-state index in [0.717, 1.165) is 42.9 Å². The van der Waals surface area contributed by atoms with Gasteiger partial charge < -0.3 is 14.8 Å². The van der Waals surface area contributed by atoms with Crippen molar-refractivity contribution in [3.8, 4) is 5.75 Å². The molecule has 1 aliphatic rings. The van der Waals surface area contributed by atoms with Gasteiger partial charge in [0.25, 0.3) is 0 Å². The normalized spacial score (nSPS) is 17.0. The summed E-state index contributed by atoms with van der Waals surface area (Å²) in [6.07, 6.45) is 2.55. The van der Waals surface area contributed by atoms with Gasteiger partial charge in [0.2, 0.25) is 0 Å². The van der Waals surface area contributed by atoms with E-state index < -0.39 is 0 Å². The molecule has 3 nitrogen and oxygen atoms in total. The highest BCUT2D eigenvalue weighted by molar-refractivity contribution is 6.35. The molecule has 0 radical (unpaired) electrons. The number of ether oxygens (including phenoxy) is 2. The van der Waals surface area contributed by atoms with Gasteiger partial charge in [-0.2, -0.15) is 0 Å². The zero-order valence-electron chi connectivity index (χ0n) is 13.7. The van der Waals surface area contributed by atoms with Crippen molar-refractivity contribution < 1.29 is 9.47 Å². The third-order valence-electron chi connectivity index (χ3n) is 4.13. The number of hydrogen-bond donors (Lipinski definition) is 1. The second-order valence-electron chi connectivity index (χ2n) is 6.04. The zero-order chi connectivity index (χ0) is 17.6. The molecule has 0 unspecified atom stereocenters. The molecule has 25 heavy (non-hydrogen) atoms. The van der Waals surface area contributed by atoms with Crippen LogP contribution in [0.15, 0.2) is 36.4 Å². The first-order chi connectivity index (χ1) is 12.1. The minimum absolute atomic E-state index is 0.302. The average molecular weight is 401 g/mol. The van der Waals surface area contributed by atoms with Crippen molar-refractivity contribution >= 4 is 34.8 Å². The second kappa shape index (κ2) is 9.11. The smallest absolute Gasteiger partial charge is 0.124 e. The van der Waals surface area contributed by atoms with Gasteiger partial charge >= 0.3 is 0 Å². The summed E-state index contributed by atoms with van der Waals surface area (Å²) in [4.78, 5) is 0. The summed E-state index contributed by atoms with van der Waals surface area (Å²) in [5.41, 5.74) is 1.90. The fourth-order valence-electron chi connectivity index (χ4n) is 2.79. The minimum atomic E-state index is 0.302. The van der Waals surface area contributed by atoms with Gasteiger partial charge in [-0.1, -0.05) is 40.9 Å². The maximum atomic E-state index is 6.21. The Morgan fingerprint density at radius 1 is 1.04 bits per heavy atom. The molecule has 3 rings (SSSR count). The van der Waals surface area contributed by atoms with Crippen molar-refractivity contribution in [1.82, 2.24) is 5.32 Å². The van der Waals surface area contributed by atoms with Crippen molar-refractivity contribution in [2.24, 2.45) is 0 Å².